The van der Waals surface area contributed by atoms with Crippen molar-refractivity contribution in [3.63, 3.8) is 0 Å². The summed E-state index contributed by atoms with van der Waals surface area (Å²) in [4.78, 5) is 5.24. The van der Waals surface area contributed by atoms with Crippen LogP contribution in [0.25, 0.3) is 0 Å². The van der Waals surface area contributed by atoms with Gasteiger partial charge in [-0.3, -0.25) is 4.90 Å². The van der Waals surface area contributed by atoms with Gasteiger partial charge in [0, 0.05) is 32.2 Å². The minimum absolute atomic E-state index is 0.713. The maximum Gasteiger partial charge on any atom is 0.0113 e. The van der Waals surface area contributed by atoms with Crippen LogP contribution in [0.15, 0.2) is 30.3 Å². The van der Waals surface area contributed by atoms with E-state index in [0.717, 1.165) is 0 Å². The fourth-order valence-corrected chi connectivity index (χ4v) is 3.17. The van der Waals surface area contributed by atoms with E-state index in [9.17, 15) is 0 Å². The lowest BCUT2D eigenvalue weighted by atomic mass is 10.1. The zero-order valence-corrected chi connectivity index (χ0v) is 13.9. The quantitative estimate of drug-likeness (QED) is 0.671. The van der Waals surface area contributed by atoms with Crippen LogP contribution in [0.5, 0.6) is 0 Å². The zero-order chi connectivity index (χ0) is 14.9. The van der Waals surface area contributed by atoms with Crippen LogP contribution in [-0.2, 0) is 6.42 Å². The molecule has 1 aromatic carbocycles. The van der Waals surface area contributed by atoms with Gasteiger partial charge in [-0.15, -0.1) is 0 Å². The van der Waals surface area contributed by atoms with Crippen LogP contribution in [0.4, 0.5) is 0 Å². The third-order valence-corrected chi connectivity index (χ3v) is 4.67. The van der Waals surface area contributed by atoms with Gasteiger partial charge in [-0.25, -0.2) is 0 Å². The van der Waals surface area contributed by atoms with E-state index < -0.39 is 0 Å². The van der Waals surface area contributed by atoms with E-state index in [0.29, 0.717) is 6.04 Å². The smallest absolute Gasteiger partial charge is 0.0113 e. The highest BCUT2D eigenvalue weighted by molar-refractivity contribution is 5.14. The summed E-state index contributed by atoms with van der Waals surface area (Å²) in [6, 6.07) is 11.6. The number of hydrogen-bond acceptors (Lipinski definition) is 2. The minimum atomic E-state index is 0.713. The molecule has 2 nitrogen and oxygen atoms in total. The Morgan fingerprint density at radius 3 is 2.19 bits per heavy atom. The summed E-state index contributed by atoms with van der Waals surface area (Å²) in [7, 11) is 0. The van der Waals surface area contributed by atoms with Crippen LogP contribution in [0, 0.1) is 0 Å². The molecule has 0 radical (unpaired) electrons. The molecule has 1 saturated heterocycles. The zero-order valence-electron chi connectivity index (χ0n) is 13.9. The lowest BCUT2D eigenvalue weighted by molar-refractivity contribution is 0.107. The van der Waals surface area contributed by atoms with Gasteiger partial charge in [0.1, 0.15) is 0 Å². The van der Waals surface area contributed by atoms with Crippen LogP contribution in [-0.4, -0.2) is 48.6 Å². The van der Waals surface area contributed by atoms with E-state index in [-0.39, 0.29) is 0 Å². The van der Waals surface area contributed by atoms with Crippen molar-refractivity contribution in [3.05, 3.63) is 35.9 Å². The standard InChI is InChI=1S/C19H32N2/c1-18(2)21-16-14-20(15-17-21)13-9-4-3-6-10-19-11-7-5-8-12-19/h5,7-8,11-12,18H,3-4,6,9-10,13-17H2,1-2H3. The predicted molar refractivity (Wildman–Crippen MR) is 91.8 cm³/mol. The molecule has 0 aliphatic carbocycles. The summed E-state index contributed by atoms with van der Waals surface area (Å²) < 4.78 is 0. The molecule has 0 N–H and O–H groups in total. The Bertz CT molecular complexity index is 366. The topological polar surface area (TPSA) is 6.48 Å². The summed E-state index contributed by atoms with van der Waals surface area (Å²) in [5.41, 5.74) is 1.49. The molecule has 0 unspecified atom stereocenters. The van der Waals surface area contributed by atoms with Gasteiger partial charge < -0.3 is 4.90 Å². The second-order valence-corrected chi connectivity index (χ2v) is 6.62. The van der Waals surface area contributed by atoms with Crippen molar-refractivity contribution < 1.29 is 0 Å². The van der Waals surface area contributed by atoms with Gasteiger partial charge in [-0.05, 0) is 45.2 Å². The molecule has 0 bridgehead atoms. The summed E-state index contributed by atoms with van der Waals surface area (Å²) >= 11 is 0. The van der Waals surface area contributed by atoms with Crippen LogP contribution in [0.2, 0.25) is 0 Å². The number of unbranched alkanes of at least 4 members (excludes halogenated alkanes) is 3. The maximum absolute atomic E-state index is 2.65. The van der Waals surface area contributed by atoms with Crippen molar-refractivity contribution in [3.8, 4) is 0 Å². The average Bonchev–Trinajstić information content (AvgIpc) is 2.52. The van der Waals surface area contributed by atoms with Crippen molar-refractivity contribution in [1.82, 2.24) is 9.80 Å². The largest absolute Gasteiger partial charge is 0.301 e. The number of hydrogen-bond donors (Lipinski definition) is 0. The molecular formula is C19H32N2. The fraction of sp³-hybridized carbons (Fsp3) is 0.684. The van der Waals surface area contributed by atoms with Crippen molar-refractivity contribution in [2.45, 2.75) is 52.0 Å². The number of rotatable bonds is 8. The Balaban J connectivity index is 1.47. The Hall–Kier alpha value is -0.860. The molecule has 118 valence electrons. The van der Waals surface area contributed by atoms with Gasteiger partial charge in [-0.2, -0.15) is 0 Å². The number of piperazine rings is 1. The molecule has 1 aliphatic rings. The average molecular weight is 288 g/mol. The first kappa shape index (κ1) is 16.5. The second kappa shape index (κ2) is 9.22. The van der Waals surface area contributed by atoms with E-state index in [2.05, 4.69) is 54.0 Å². The van der Waals surface area contributed by atoms with E-state index in [1.54, 1.807) is 0 Å². The summed E-state index contributed by atoms with van der Waals surface area (Å²) in [6.45, 7) is 11.0. The van der Waals surface area contributed by atoms with Crippen molar-refractivity contribution in [2.24, 2.45) is 0 Å². The Labute approximate surface area is 131 Å². The van der Waals surface area contributed by atoms with Gasteiger partial charge in [0.15, 0.2) is 0 Å². The van der Waals surface area contributed by atoms with Crippen LogP contribution in [0.3, 0.4) is 0 Å². The predicted octanol–water partition coefficient (Wildman–Crippen LogP) is 3.82. The third kappa shape index (κ3) is 6.19. The van der Waals surface area contributed by atoms with Crippen molar-refractivity contribution in [2.75, 3.05) is 32.7 Å². The lowest BCUT2D eigenvalue weighted by Crippen LogP contribution is -2.48. The Morgan fingerprint density at radius 1 is 0.857 bits per heavy atom. The molecule has 0 atom stereocenters. The first-order valence-electron chi connectivity index (χ1n) is 8.76. The van der Waals surface area contributed by atoms with Crippen molar-refractivity contribution in [1.29, 1.82) is 0 Å². The number of nitrogens with zero attached hydrogens (tertiary/aromatic N) is 2. The van der Waals surface area contributed by atoms with E-state index in [4.69, 9.17) is 0 Å². The molecule has 0 aromatic heterocycles. The number of benzene rings is 1. The highest BCUT2D eigenvalue weighted by atomic mass is 15.3. The summed E-state index contributed by atoms with van der Waals surface area (Å²) in [6.07, 6.45) is 6.72. The monoisotopic (exact) mass is 288 g/mol. The van der Waals surface area contributed by atoms with Crippen LogP contribution >= 0.6 is 0 Å². The van der Waals surface area contributed by atoms with Crippen LogP contribution in [0.1, 0.15) is 45.1 Å². The van der Waals surface area contributed by atoms with Gasteiger partial charge in [0.05, 0.1) is 0 Å². The minimum Gasteiger partial charge on any atom is -0.301 e. The van der Waals surface area contributed by atoms with Gasteiger partial charge >= 0.3 is 0 Å². The second-order valence-electron chi connectivity index (χ2n) is 6.62. The van der Waals surface area contributed by atoms with E-state index >= 15 is 0 Å². The summed E-state index contributed by atoms with van der Waals surface area (Å²) in [5, 5.41) is 0. The molecule has 1 aliphatic heterocycles. The molecule has 2 heteroatoms. The number of aryl methyl sites for hydroxylation is 1. The lowest BCUT2D eigenvalue weighted by Gasteiger charge is -2.36. The third-order valence-electron chi connectivity index (χ3n) is 4.67. The highest BCUT2D eigenvalue weighted by Crippen LogP contribution is 2.10. The molecular weight excluding hydrogens is 256 g/mol. The summed E-state index contributed by atoms with van der Waals surface area (Å²) in [5.74, 6) is 0. The maximum atomic E-state index is 2.65. The van der Waals surface area contributed by atoms with Crippen LogP contribution < -0.4 is 0 Å². The molecule has 2 rings (SSSR count). The molecule has 1 heterocycles. The SMILES string of the molecule is CC(C)N1CCN(CCCCCCc2ccccc2)CC1. The fourth-order valence-electron chi connectivity index (χ4n) is 3.17. The first-order chi connectivity index (χ1) is 10.3. The molecule has 1 fully saturated rings. The molecule has 1 aromatic rings. The first-order valence-corrected chi connectivity index (χ1v) is 8.76. The normalized spacial score (nSPS) is 17.5. The van der Waals surface area contributed by atoms with Gasteiger partial charge in [0.2, 0.25) is 0 Å². The molecule has 21 heavy (non-hydrogen) atoms. The van der Waals surface area contributed by atoms with E-state index in [1.165, 1.54) is 70.4 Å². The molecule has 0 saturated carbocycles. The van der Waals surface area contributed by atoms with Gasteiger partial charge in [-0.1, -0.05) is 43.2 Å². The van der Waals surface area contributed by atoms with Crippen molar-refractivity contribution >= 4 is 0 Å². The Kier molecular flexibility index (Phi) is 7.25. The van der Waals surface area contributed by atoms with E-state index in [1.807, 2.05) is 0 Å². The van der Waals surface area contributed by atoms with Gasteiger partial charge in [0.25, 0.3) is 0 Å². The highest BCUT2D eigenvalue weighted by Gasteiger charge is 2.17. The molecule has 0 amide bonds. The Morgan fingerprint density at radius 2 is 1.52 bits per heavy atom. The molecule has 0 spiro atoms.